The van der Waals surface area contributed by atoms with E-state index in [1.54, 1.807) is 0 Å². The van der Waals surface area contributed by atoms with Crippen molar-refractivity contribution in [3.05, 3.63) is 28.3 Å². The van der Waals surface area contributed by atoms with E-state index < -0.39 is 0 Å². The number of benzene rings is 1. The highest BCUT2D eigenvalue weighted by Gasteiger charge is 2.15. The minimum atomic E-state index is 0.0124. The molecule has 1 amide bonds. The van der Waals surface area contributed by atoms with Crippen LogP contribution in [-0.4, -0.2) is 16.1 Å². The molecule has 1 N–H and O–H groups in total. The van der Waals surface area contributed by atoms with Crippen molar-refractivity contribution in [1.29, 1.82) is 0 Å². The number of carbonyl (C=O) groups excluding carboxylic acids is 1. The van der Waals surface area contributed by atoms with E-state index in [1.807, 2.05) is 0 Å². The Morgan fingerprint density at radius 1 is 1.14 bits per heavy atom. The molecular formula is C17H23N3OS. The van der Waals surface area contributed by atoms with Crippen LogP contribution in [0.25, 0.3) is 10.6 Å². The molecule has 22 heavy (non-hydrogen) atoms. The van der Waals surface area contributed by atoms with Gasteiger partial charge >= 0.3 is 0 Å². The summed E-state index contributed by atoms with van der Waals surface area (Å²) in [6.07, 6.45) is 2.44. The van der Waals surface area contributed by atoms with Crippen LogP contribution in [0.15, 0.2) is 6.07 Å². The van der Waals surface area contributed by atoms with Crippen molar-refractivity contribution in [3.8, 4) is 10.6 Å². The summed E-state index contributed by atoms with van der Waals surface area (Å²) in [4.78, 5) is 11.8. The molecule has 0 aliphatic heterocycles. The van der Waals surface area contributed by atoms with Gasteiger partial charge in [0.1, 0.15) is 5.01 Å². The van der Waals surface area contributed by atoms with E-state index in [2.05, 4.69) is 56.2 Å². The Balaban J connectivity index is 2.27. The molecule has 0 bridgehead atoms. The number of rotatable bonds is 5. The third-order valence-corrected chi connectivity index (χ3v) is 4.86. The van der Waals surface area contributed by atoms with Crippen molar-refractivity contribution in [3.63, 3.8) is 0 Å². The number of nitrogens with one attached hydrogen (secondary N) is 1. The largest absolute Gasteiger partial charge is 0.301 e. The Labute approximate surface area is 136 Å². The maximum Gasteiger partial charge on any atom is 0.226 e. The topological polar surface area (TPSA) is 54.9 Å². The van der Waals surface area contributed by atoms with E-state index in [1.165, 1.54) is 33.6 Å². The third kappa shape index (κ3) is 3.53. The van der Waals surface area contributed by atoms with Crippen LogP contribution >= 0.6 is 11.3 Å². The second-order valence-electron chi connectivity index (χ2n) is 5.70. The van der Waals surface area contributed by atoms with Crippen molar-refractivity contribution >= 4 is 22.4 Å². The summed E-state index contributed by atoms with van der Waals surface area (Å²) >= 11 is 1.44. The van der Waals surface area contributed by atoms with Crippen LogP contribution in [0, 0.1) is 27.7 Å². The van der Waals surface area contributed by atoms with E-state index >= 15 is 0 Å². The van der Waals surface area contributed by atoms with Crippen LogP contribution < -0.4 is 5.32 Å². The SMILES string of the molecule is CCCCC(=O)Nc1nnc(-c2c(C)c(C)cc(C)c2C)s1. The molecule has 0 spiro atoms. The molecule has 118 valence electrons. The minimum absolute atomic E-state index is 0.0124. The Kier molecular flexibility index (Phi) is 5.29. The number of hydrogen-bond acceptors (Lipinski definition) is 4. The van der Waals surface area contributed by atoms with Gasteiger partial charge in [-0.3, -0.25) is 4.79 Å². The molecule has 0 aliphatic carbocycles. The number of hydrogen-bond donors (Lipinski definition) is 1. The zero-order valence-electron chi connectivity index (χ0n) is 13.9. The molecule has 2 aromatic rings. The van der Waals surface area contributed by atoms with E-state index in [0.29, 0.717) is 11.6 Å². The predicted octanol–water partition coefficient (Wildman–Crippen LogP) is 4.57. The second-order valence-corrected chi connectivity index (χ2v) is 6.68. The zero-order chi connectivity index (χ0) is 16.3. The highest BCUT2D eigenvalue weighted by molar-refractivity contribution is 7.18. The lowest BCUT2D eigenvalue weighted by Crippen LogP contribution is -2.10. The predicted molar refractivity (Wildman–Crippen MR) is 92.4 cm³/mol. The van der Waals surface area contributed by atoms with Crippen molar-refractivity contribution in [2.45, 2.75) is 53.9 Å². The van der Waals surface area contributed by atoms with Crippen LogP contribution in [0.2, 0.25) is 0 Å². The summed E-state index contributed by atoms with van der Waals surface area (Å²) in [5, 5.41) is 12.7. The maximum absolute atomic E-state index is 11.8. The monoisotopic (exact) mass is 317 g/mol. The van der Waals surface area contributed by atoms with Gasteiger partial charge in [0, 0.05) is 12.0 Å². The number of carbonyl (C=O) groups is 1. The first kappa shape index (κ1) is 16.6. The van der Waals surface area contributed by atoms with Crippen LogP contribution in [0.3, 0.4) is 0 Å². The van der Waals surface area contributed by atoms with Crippen LogP contribution in [-0.2, 0) is 4.79 Å². The minimum Gasteiger partial charge on any atom is -0.301 e. The molecule has 5 heteroatoms. The zero-order valence-corrected chi connectivity index (χ0v) is 14.7. The first-order chi connectivity index (χ1) is 10.4. The van der Waals surface area contributed by atoms with Crippen molar-refractivity contribution in [2.24, 2.45) is 0 Å². The smallest absolute Gasteiger partial charge is 0.226 e. The molecule has 0 fully saturated rings. The van der Waals surface area contributed by atoms with Gasteiger partial charge in [-0.05, 0) is 56.4 Å². The van der Waals surface area contributed by atoms with Gasteiger partial charge in [-0.15, -0.1) is 10.2 Å². The maximum atomic E-state index is 11.8. The first-order valence-corrected chi connectivity index (χ1v) is 8.46. The second kappa shape index (κ2) is 7.01. The van der Waals surface area contributed by atoms with E-state index in [4.69, 9.17) is 0 Å². The average molecular weight is 317 g/mol. The molecule has 0 saturated heterocycles. The van der Waals surface area contributed by atoms with Gasteiger partial charge < -0.3 is 5.32 Å². The summed E-state index contributed by atoms with van der Waals surface area (Å²) in [6, 6.07) is 2.20. The van der Waals surface area contributed by atoms with Gasteiger partial charge in [0.15, 0.2) is 0 Å². The Bertz CT molecular complexity index is 665. The fraction of sp³-hybridized carbons (Fsp3) is 0.471. The highest BCUT2D eigenvalue weighted by atomic mass is 32.1. The van der Waals surface area contributed by atoms with Crippen molar-refractivity contribution in [1.82, 2.24) is 10.2 Å². The Morgan fingerprint density at radius 3 is 2.36 bits per heavy atom. The van der Waals surface area contributed by atoms with Crippen molar-refractivity contribution in [2.75, 3.05) is 5.32 Å². The van der Waals surface area contributed by atoms with Gasteiger partial charge in [0.25, 0.3) is 0 Å². The van der Waals surface area contributed by atoms with Gasteiger partial charge in [0.2, 0.25) is 11.0 Å². The Hall–Kier alpha value is -1.75. The number of unbranched alkanes of at least 4 members (excludes halogenated alkanes) is 1. The first-order valence-electron chi connectivity index (χ1n) is 7.65. The van der Waals surface area contributed by atoms with Crippen molar-refractivity contribution < 1.29 is 4.79 Å². The molecule has 0 unspecified atom stereocenters. The van der Waals surface area contributed by atoms with E-state index in [-0.39, 0.29) is 5.91 Å². The molecule has 1 aromatic heterocycles. The highest BCUT2D eigenvalue weighted by Crippen LogP contribution is 2.34. The molecule has 0 radical (unpaired) electrons. The number of aryl methyl sites for hydroxylation is 2. The van der Waals surface area contributed by atoms with E-state index in [0.717, 1.165) is 23.4 Å². The lowest BCUT2D eigenvalue weighted by atomic mass is 9.95. The fourth-order valence-corrected chi connectivity index (χ4v) is 3.35. The summed E-state index contributed by atoms with van der Waals surface area (Å²) < 4.78 is 0. The number of nitrogens with zero attached hydrogens (tertiary/aromatic N) is 2. The van der Waals surface area contributed by atoms with Gasteiger partial charge in [-0.2, -0.15) is 0 Å². The number of amides is 1. The van der Waals surface area contributed by atoms with Crippen LogP contribution in [0.4, 0.5) is 5.13 Å². The average Bonchev–Trinajstić information content (AvgIpc) is 2.91. The lowest BCUT2D eigenvalue weighted by Gasteiger charge is -2.12. The molecule has 0 aliphatic rings. The van der Waals surface area contributed by atoms with E-state index in [9.17, 15) is 4.79 Å². The summed E-state index contributed by atoms with van der Waals surface area (Å²) in [5.74, 6) is 0.0124. The standard InChI is InChI=1S/C17H23N3OS/c1-6-7-8-14(21)18-17-20-19-16(22-17)15-12(4)10(2)9-11(3)13(15)5/h9H,6-8H2,1-5H3,(H,18,20,21). The summed E-state index contributed by atoms with van der Waals surface area (Å²) in [6.45, 7) is 10.5. The summed E-state index contributed by atoms with van der Waals surface area (Å²) in [5.41, 5.74) is 6.10. The Morgan fingerprint density at radius 2 is 1.77 bits per heavy atom. The quantitative estimate of drug-likeness (QED) is 0.879. The lowest BCUT2D eigenvalue weighted by molar-refractivity contribution is -0.116. The van der Waals surface area contributed by atoms with Crippen LogP contribution in [0.5, 0.6) is 0 Å². The third-order valence-electron chi connectivity index (χ3n) is 4.01. The van der Waals surface area contributed by atoms with Gasteiger partial charge in [-0.25, -0.2) is 0 Å². The van der Waals surface area contributed by atoms with Gasteiger partial charge in [0.05, 0.1) is 0 Å². The number of aromatic nitrogens is 2. The molecular weight excluding hydrogens is 294 g/mol. The normalized spacial score (nSPS) is 10.8. The van der Waals surface area contributed by atoms with Crippen LogP contribution in [0.1, 0.15) is 48.4 Å². The molecule has 1 heterocycles. The molecule has 0 saturated carbocycles. The molecule has 2 rings (SSSR count). The molecule has 1 aromatic carbocycles. The summed E-state index contributed by atoms with van der Waals surface area (Å²) in [7, 11) is 0. The molecule has 4 nitrogen and oxygen atoms in total. The fourth-order valence-electron chi connectivity index (χ4n) is 2.43. The van der Waals surface area contributed by atoms with Gasteiger partial charge in [-0.1, -0.05) is 30.7 Å². The number of anilines is 1. The molecule has 0 atom stereocenters.